The first kappa shape index (κ1) is 20.0. The molecule has 1 aromatic carbocycles. The Morgan fingerprint density at radius 3 is 2.50 bits per heavy atom. The van der Waals surface area contributed by atoms with E-state index in [-0.39, 0.29) is 29.7 Å². The maximum absolute atomic E-state index is 13.3. The Kier molecular flexibility index (Phi) is 6.39. The molecule has 1 heterocycles. The van der Waals surface area contributed by atoms with E-state index < -0.39 is 0 Å². The summed E-state index contributed by atoms with van der Waals surface area (Å²) in [5, 5.41) is 6.04. The van der Waals surface area contributed by atoms with Crippen LogP contribution in [0.5, 0.6) is 0 Å². The first-order valence-corrected chi connectivity index (χ1v) is 9.72. The lowest BCUT2D eigenvalue weighted by molar-refractivity contribution is -0.120. The molecular formula is C22H26FN3O2. The molecule has 0 spiro atoms. The zero-order valence-electron chi connectivity index (χ0n) is 16.2. The van der Waals surface area contributed by atoms with Gasteiger partial charge in [-0.1, -0.05) is 12.1 Å². The largest absolute Gasteiger partial charge is 0.354 e. The number of nitrogens with zero attached hydrogens (tertiary/aromatic N) is 1. The third-order valence-electron chi connectivity index (χ3n) is 5.39. The minimum Gasteiger partial charge on any atom is -0.354 e. The van der Waals surface area contributed by atoms with Crippen LogP contribution < -0.4 is 10.6 Å². The van der Waals surface area contributed by atoms with Crippen LogP contribution in [-0.2, 0) is 4.79 Å². The molecule has 2 aromatic rings. The summed E-state index contributed by atoms with van der Waals surface area (Å²) in [6, 6.07) is 9.97. The van der Waals surface area contributed by atoms with E-state index in [1.165, 1.54) is 25.3 Å². The second-order valence-corrected chi connectivity index (χ2v) is 7.52. The number of pyridine rings is 1. The number of hydrogen-bond donors (Lipinski definition) is 2. The van der Waals surface area contributed by atoms with Gasteiger partial charge in [-0.25, -0.2) is 4.39 Å². The van der Waals surface area contributed by atoms with E-state index in [1.54, 1.807) is 24.3 Å². The smallest absolute Gasteiger partial charge is 0.253 e. The van der Waals surface area contributed by atoms with Crippen molar-refractivity contribution < 1.29 is 14.0 Å². The summed E-state index contributed by atoms with van der Waals surface area (Å²) in [5.74, 6) is -0.0115. The molecule has 1 aliphatic carbocycles. The number of aromatic nitrogens is 1. The minimum atomic E-state index is -0.315. The standard InChI is InChI=1S/C22H26FN3O2/c1-14(25-15(2)27)16-6-9-20(10-7-16)26-22(28)18-8-11-21(24-13-18)17-4-3-5-19(23)12-17/h3-5,8,11-14,16,20H,6-7,9-10H2,1-2H3,(H,25,27)(H,26,28)/t14-,16?,20?/m1/s1. The van der Waals surface area contributed by atoms with Crippen molar-refractivity contribution in [3.8, 4) is 11.3 Å². The third-order valence-corrected chi connectivity index (χ3v) is 5.39. The number of hydrogen-bond acceptors (Lipinski definition) is 3. The number of carbonyl (C=O) groups excluding carboxylic acids is 2. The van der Waals surface area contributed by atoms with Gasteiger partial charge < -0.3 is 10.6 Å². The molecule has 2 amide bonds. The van der Waals surface area contributed by atoms with Gasteiger partial charge in [0.05, 0.1) is 11.3 Å². The normalized spacial score (nSPS) is 20.2. The lowest BCUT2D eigenvalue weighted by Crippen LogP contribution is -2.42. The molecule has 28 heavy (non-hydrogen) atoms. The van der Waals surface area contributed by atoms with Crippen molar-refractivity contribution in [3.05, 3.63) is 54.0 Å². The molecule has 148 valence electrons. The molecule has 5 nitrogen and oxygen atoms in total. The molecule has 1 fully saturated rings. The van der Waals surface area contributed by atoms with Gasteiger partial charge in [0, 0.05) is 30.8 Å². The van der Waals surface area contributed by atoms with Crippen molar-refractivity contribution in [2.75, 3.05) is 0 Å². The van der Waals surface area contributed by atoms with E-state index in [9.17, 15) is 14.0 Å². The van der Waals surface area contributed by atoms with E-state index in [2.05, 4.69) is 15.6 Å². The zero-order chi connectivity index (χ0) is 20.1. The summed E-state index contributed by atoms with van der Waals surface area (Å²) in [6.07, 6.45) is 5.27. The molecule has 0 saturated heterocycles. The van der Waals surface area contributed by atoms with Crippen molar-refractivity contribution in [3.63, 3.8) is 0 Å². The highest BCUT2D eigenvalue weighted by Gasteiger charge is 2.26. The summed E-state index contributed by atoms with van der Waals surface area (Å²) >= 11 is 0. The fraction of sp³-hybridized carbons (Fsp3) is 0.409. The monoisotopic (exact) mass is 383 g/mol. The number of benzene rings is 1. The highest BCUT2D eigenvalue weighted by atomic mass is 19.1. The molecule has 0 unspecified atom stereocenters. The molecule has 1 atom stereocenters. The maximum Gasteiger partial charge on any atom is 0.253 e. The quantitative estimate of drug-likeness (QED) is 0.827. The van der Waals surface area contributed by atoms with Crippen LogP contribution in [0, 0.1) is 11.7 Å². The predicted molar refractivity (Wildman–Crippen MR) is 106 cm³/mol. The van der Waals surface area contributed by atoms with Crippen molar-refractivity contribution in [1.29, 1.82) is 0 Å². The average Bonchev–Trinajstić information content (AvgIpc) is 2.68. The van der Waals surface area contributed by atoms with Crippen LogP contribution in [0.3, 0.4) is 0 Å². The molecule has 1 aromatic heterocycles. The van der Waals surface area contributed by atoms with E-state index in [0.717, 1.165) is 25.7 Å². The summed E-state index contributed by atoms with van der Waals surface area (Å²) in [5.41, 5.74) is 1.80. The minimum absolute atomic E-state index is 0.00267. The average molecular weight is 383 g/mol. The van der Waals surface area contributed by atoms with Crippen LogP contribution in [0.1, 0.15) is 49.9 Å². The summed E-state index contributed by atoms with van der Waals surface area (Å²) in [6.45, 7) is 3.58. The van der Waals surface area contributed by atoms with Gasteiger partial charge in [-0.05, 0) is 62.8 Å². The van der Waals surface area contributed by atoms with Crippen LogP contribution in [0.4, 0.5) is 4.39 Å². The molecule has 1 aliphatic rings. The second-order valence-electron chi connectivity index (χ2n) is 7.52. The lowest BCUT2D eigenvalue weighted by Gasteiger charge is -2.32. The Morgan fingerprint density at radius 2 is 1.89 bits per heavy atom. The second kappa shape index (κ2) is 8.95. The van der Waals surface area contributed by atoms with Gasteiger partial charge in [-0.2, -0.15) is 0 Å². The number of carbonyl (C=O) groups is 2. The van der Waals surface area contributed by atoms with Crippen LogP contribution in [0.15, 0.2) is 42.6 Å². The molecule has 3 rings (SSSR count). The van der Waals surface area contributed by atoms with E-state index >= 15 is 0 Å². The topological polar surface area (TPSA) is 71.1 Å². The first-order chi connectivity index (χ1) is 13.4. The fourth-order valence-electron chi connectivity index (χ4n) is 3.82. The van der Waals surface area contributed by atoms with Gasteiger partial charge in [0.25, 0.3) is 5.91 Å². The Hall–Kier alpha value is -2.76. The van der Waals surface area contributed by atoms with Gasteiger partial charge in [0.1, 0.15) is 5.82 Å². The Balaban J connectivity index is 1.53. The van der Waals surface area contributed by atoms with Crippen molar-refractivity contribution in [1.82, 2.24) is 15.6 Å². The molecule has 2 N–H and O–H groups in total. The predicted octanol–water partition coefficient (Wildman–Crippen LogP) is 3.70. The van der Waals surface area contributed by atoms with Gasteiger partial charge in [0.15, 0.2) is 0 Å². The molecule has 0 bridgehead atoms. The molecule has 0 aliphatic heterocycles. The van der Waals surface area contributed by atoms with Gasteiger partial charge in [-0.15, -0.1) is 0 Å². The van der Waals surface area contributed by atoms with Crippen LogP contribution in [-0.4, -0.2) is 28.9 Å². The fourth-order valence-corrected chi connectivity index (χ4v) is 3.82. The van der Waals surface area contributed by atoms with Crippen LogP contribution in [0.25, 0.3) is 11.3 Å². The van der Waals surface area contributed by atoms with Crippen molar-refractivity contribution >= 4 is 11.8 Å². The van der Waals surface area contributed by atoms with E-state index in [4.69, 9.17) is 0 Å². The molecule has 1 saturated carbocycles. The summed E-state index contributed by atoms with van der Waals surface area (Å²) in [7, 11) is 0. The van der Waals surface area contributed by atoms with Gasteiger partial charge in [0.2, 0.25) is 5.91 Å². The Bertz CT molecular complexity index is 830. The summed E-state index contributed by atoms with van der Waals surface area (Å²) in [4.78, 5) is 28.0. The molecule has 6 heteroatoms. The molecular weight excluding hydrogens is 357 g/mol. The first-order valence-electron chi connectivity index (χ1n) is 9.72. The van der Waals surface area contributed by atoms with Crippen molar-refractivity contribution in [2.45, 2.75) is 51.6 Å². The SMILES string of the molecule is CC(=O)N[C@H](C)C1CCC(NC(=O)c2ccc(-c3cccc(F)c3)nc2)CC1. The lowest BCUT2D eigenvalue weighted by atomic mass is 9.82. The zero-order valence-corrected chi connectivity index (χ0v) is 16.2. The van der Waals surface area contributed by atoms with Crippen LogP contribution in [0.2, 0.25) is 0 Å². The number of nitrogens with one attached hydrogen (secondary N) is 2. The molecule has 0 radical (unpaired) electrons. The highest BCUT2D eigenvalue weighted by molar-refractivity contribution is 5.94. The van der Waals surface area contributed by atoms with Crippen molar-refractivity contribution in [2.24, 2.45) is 5.92 Å². The number of amides is 2. The number of rotatable bonds is 5. The highest BCUT2D eigenvalue weighted by Crippen LogP contribution is 2.27. The third kappa shape index (κ3) is 5.15. The van der Waals surface area contributed by atoms with Gasteiger partial charge in [-0.3, -0.25) is 14.6 Å². The van der Waals surface area contributed by atoms with E-state index in [0.29, 0.717) is 22.7 Å². The van der Waals surface area contributed by atoms with E-state index in [1.807, 2.05) is 6.92 Å². The Labute approximate surface area is 164 Å². The number of halogens is 1. The maximum atomic E-state index is 13.3. The summed E-state index contributed by atoms with van der Waals surface area (Å²) < 4.78 is 13.3. The van der Waals surface area contributed by atoms with Gasteiger partial charge >= 0.3 is 0 Å². The Morgan fingerprint density at radius 1 is 1.14 bits per heavy atom. The van der Waals surface area contributed by atoms with Crippen LogP contribution >= 0.6 is 0 Å².